The Morgan fingerprint density at radius 1 is 1.38 bits per heavy atom. The van der Waals surface area contributed by atoms with E-state index in [1.54, 1.807) is 7.11 Å². The van der Waals surface area contributed by atoms with E-state index in [-0.39, 0.29) is 0 Å². The molecule has 16 heavy (non-hydrogen) atoms. The lowest BCUT2D eigenvalue weighted by Crippen LogP contribution is -1.95. The highest BCUT2D eigenvalue weighted by atomic mass is 79.9. The molecule has 0 radical (unpaired) electrons. The largest absolute Gasteiger partial charge is 0.480 e. The molecule has 0 aromatic carbocycles. The Bertz CT molecular complexity index is 552. The normalized spacial score (nSPS) is 10.8. The quantitative estimate of drug-likeness (QED) is 0.483. The van der Waals surface area contributed by atoms with Crippen molar-refractivity contribution in [2.75, 3.05) is 13.4 Å². The van der Waals surface area contributed by atoms with Gasteiger partial charge in [0.1, 0.15) is 5.52 Å². The molecule has 0 aliphatic rings. The highest BCUT2D eigenvalue weighted by Gasteiger charge is 2.11. The van der Waals surface area contributed by atoms with Gasteiger partial charge in [-0.25, -0.2) is 15.0 Å². The number of halogens is 2. The van der Waals surface area contributed by atoms with Crippen LogP contribution in [0.15, 0.2) is 15.7 Å². The molecule has 0 saturated carbocycles. The van der Waals surface area contributed by atoms with Crippen molar-refractivity contribution in [3.05, 3.63) is 15.7 Å². The van der Waals surface area contributed by atoms with E-state index in [1.165, 1.54) is 11.8 Å². The van der Waals surface area contributed by atoms with Crippen LogP contribution in [0.2, 0.25) is 5.15 Å². The van der Waals surface area contributed by atoms with E-state index in [1.807, 2.05) is 12.3 Å². The van der Waals surface area contributed by atoms with Gasteiger partial charge in [0.05, 0.1) is 17.1 Å². The molecule has 4 nitrogen and oxygen atoms in total. The number of thioether (sulfide) groups is 1. The molecule has 0 bridgehead atoms. The first-order valence-corrected chi connectivity index (χ1v) is 6.67. The summed E-state index contributed by atoms with van der Waals surface area (Å²) >= 11 is 10.8. The van der Waals surface area contributed by atoms with Crippen molar-refractivity contribution in [2.24, 2.45) is 0 Å². The zero-order chi connectivity index (χ0) is 11.7. The second-order valence-electron chi connectivity index (χ2n) is 2.85. The molecule has 7 heteroatoms. The molecule has 0 saturated heterocycles. The maximum Gasteiger partial charge on any atom is 0.228 e. The standard InChI is InChI=1S/C9H7BrClN3OS/c1-15-8-4(10)3-5-6(13-8)7(11)14-9(12-5)16-2/h3H,1-2H3. The first kappa shape index (κ1) is 11.9. The Morgan fingerprint density at radius 3 is 2.75 bits per heavy atom. The van der Waals surface area contributed by atoms with Gasteiger partial charge in [0.2, 0.25) is 5.88 Å². The van der Waals surface area contributed by atoms with Crippen molar-refractivity contribution < 1.29 is 4.74 Å². The number of rotatable bonds is 2. The second-order valence-corrected chi connectivity index (χ2v) is 4.83. The Labute approximate surface area is 110 Å². The molecule has 2 aromatic rings. The van der Waals surface area contributed by atoms with Crippen LogP contribution in [0.4, 0.5) is 0 Å². The molecule has 0 aliphatic heterocycles. The second kappa shape index (κ2) is 4.73. The highest BCUT2D eigenvalue weighted by molar-refractivity contribution is 9.10. The first-order chi connectivity index (χ1) is 7.65. The number of hydrogen-bond donors (Lipinski definition) is 0. The lowest BCUT2D eigenvalue weighted by atomic mass is 10.3. The average molecular weight is 321 g/mol. The number of hydrogen-bond acceptors (Lipinski definition) is 5. The van der Waals surface area contributed by atoms with Crippen molar-refractivity contribution in [3.63, 3.8) is 0 Å². The lowest BCUT2D eigenvalue weighted by Gasteiger charge is -2.05. The third-order valence-corrected chi connectivity index (χ3v) is 3.28. The van der Waals surface area contributed by atoms with Crippen LogP contribution in [0, 0.1) is 0 Å². The summed E-state index contributed by atoms with van der Waals surface area (Å²) in [6.07, 6.45) is 1.89. The molecule has 0 N–H and O–H groups in total. The summed E-state index contributed by atoms with van der Waals surface area (Å²) in [4.78, 5) is 12.7. The Morgan fingerprint density at radius 2 is 2.12 bits per heavy atom. The predicted octanol–water partition coefficient (Wildman–Crippen LogP) is 3.17. The van der Waals surface area contributed by atoms with E-state index in [2.05, 4.69) is 30.9 Å². The number of methoxy groups -OCH3 is 1. The molecule has 2 heterocycles. The van der Waals surface area contributed by atoms with Gasteiger partial charge in [-0.2, -0.15) is 0 Å². The van der Waals surface area contributed by atoms with Crippen LogP contribution < -0.4 is 4.74 Å². The minimum absolute atomic E-state index is 0.333. The molecule has 84 valence electrons. The molecular weight excluding hydrogens is 314 g/mol. The van der Waals surface area contributed by atoms with E-state index in [0.717, 1.165) is 4.47 Å². The zero-order valence-corrected chi connectivity index (χ0v) is 11.6. The number of ether oxygens (including phenoxy) is 1. The van der Waals surface area contributed by atoms with Crippen LogP contribution in [-0.2, 0) is 0 Å². The van der Waals surface area contributed by atoms with E-state index >= 15 is 0 Å². The van der Waals surface area contributed by atoms with Crippen molar-refractivity contribution in [1.29, 1.82) is 0 Å². The van der Waals surface area contributed by atoms with Gasteiger partial charge in [-0.15, -0.1) is 0 Å². The fourth-order valence-electron chi connectivity index (χ4n) is 1.20. The lowest BCUT2D eigenvalue weighted by molar-refractivity contribution is 0.396. The number of pyridine rings is 1. The summed E-state index contributed by atoms with van der Waals surface area (Å²) in [5.74, 6) is 0.468. The van der Waals surface area contributed by atoms with Crippen LogP contribution in [0.5, 0.6) is 5.88 Å². The molecule has 0 spiro atoms. The first-order valence-electron chi connectivity index (χ1n) is 4.27. The van der Waals surface area contributed by atoms with Gasteiger partial charge in [-0.05, 0) is 28.3 Å². The highest BCUT2D eigenvalue weighted by Crippen LogP contribution is 2.29. The van der Waals surface area contributed by atoms with E-state index in [4.69, 9.17) is 16.3 Å². The number of aromatic nitrogens is 3. The Balaban J connectivity index is 2.75. The average Bonchev–Trinajstić information content (AvgIpc) is 2.28. The van der Waals surface area contributed by atoms with Crippen LogP contribution >= 0.6 is 39.3 Å². The van der Waals surface area contributed by atoms with Crippen LogP contribution in [-0.4, -0.2) is 28.3 Å². The van der Waals surface area contributed by atoms with Crippen LogP contribution in [0.3, 0.4) is 0 Å². The summed E-state index contributed by atoms with van der Waals surface area (Å²) in [6, 6.07) is 1.81. The van der Waals surface area contributed by atoms with Crippen LogP contribution in [0.1, 0.15) is 0 Å². The maximum atomic E-state index is 6.02. The van der Waals surface area contributed by atoms with E-state index < -0.39 is 0 Å². The van der Waals surface area contributed by atoms with Gasteiger partial charge in [-0.1, -0.05) is 23.4 Å². The summed E-state index contributed by atoms with van der Waals surface area (Å²) in [6.45, 7) is 0. The summed E-state index contributed by atoms with van der Waals surface area (Å²) in [5.41, 5.74) is 1.23. The van der Waals surface area contributed by atoms with Crippen molar-refractivity contribution >= 4 is 50.3 Å². The van der Waals surface area contributed by atoms with Gasteiger partial charge in [0.15, 0.2) is 10.3 Å². The molecule has 0 atom stereocenters. The minimum atomic E-state index is 0.333. The van der Waals surface area contributed by atoms with Gasteiger partial charge < -0.3 is 4.74 Å². The van der Waals surface area contributed by atoms with Gasteiger partial charge in [0, 0.05) is 0 Å². The molecule has 2 rings (SSSR count). The van der Waals surface area contributed by atoms with Gasteiger partial charge in [-0.3, -0.25) is 0 Å². The van der Waals surface area contributed by atoms with Crippen molar-refractivity contribution in [1.82, 2.24) is 15.0 Å². The minimum Gasteiger partial charge on any atom is -0.480 e. The topological polar surface area (TPSA) is 47.9 Å². The maximum absolute atomic E-state index is 6.02. The van der Waals surface area contributed by atoms with Crippen molar-refractivity contribution in [3.8, 4) is 5.88 Å². The smallest absolute Gasteiger partial charge is 0.228 e. The van der Waals surface area contributed by atoms with E-state index in [0.29, 0.717) is 27.2 Å². The summed E-state index contributed by atoms with van der Waals surface area (Å²) < 4.78 is 5.83. The zero-order valence-electron chi connectivity index (χ0n) is 8.49. The Hall–Kier alpha value is -0.590. The fraction of sp³-hybridized carbons (Fsp3) is 0.222. The van der Waals surface area contributed by atoms with E-state index in [9.17, 15) is 0 Å². The molecule has 0 fully saturated rings. The molecule has 0 aliphatic carbocycles. The summed E-state index contributed by atoms with van der Waals surface area (Å²) in [5, 5.41) is 0.955. The molecule has 0 unspecified atom stereocenters. The summed E-state index contributed by atoms with van der Waals surface area (Å²) in [7, 11) is 1.55. The monoisotopic (exact) mass is 319 g/mol. The number of fused-ring (bicyclic) bond motifs is 1. The third kappa shape index (κ3) is 2.09. The molecule has 0 amide bonds. The molecular formula is C9H7BrClN3OS. The number of nitrogens with zero attached hydrogens (tertiary/aromatic N) is 3. The van der Waals surface area contributed by atoms with Gasteiger partial charge in [0.25, 0.3) is 0 Å². The third-order valence-electron chi connectivity index (χ3n) is 1.90. The fourth-order valence-corrected chi connectivity index (χ4v) is 2.31. The predicted molar refractivity (Wildman–Crippen MR) is 68.4 cm³/mol. The SMILES string of the molecule is COc1nc2c(Cl)nc(SC)nc2cc1Br. The van der Waals surface area contributed by atoms with Gasteiger partial charge >= 0.3 is 0 Å². The molecule has 2 aromatic heterocycles. The Kier molecular flexibility index (Phi) is 3.51. The van der Waals surface area contributed by atoms with Crippen molar-refractivity contribution in [2.45, 2.75) is 5.16 Å². The van der Waals surface area contributed by atoms with Crippen LogP contribution in [0.25, 0.3) is 11.0 Å².